The van der Waals surface area contributed by atoms with Gasteiger partial charge in [0.2, 0.25) is 0 Å². The predicted octanol–water partition coefficient (Wildman–Crippen LogP) is 2.68. The molecule has 1 heterocycles. The summed E-state index contributed by atoms with van der Waals surface area (Å²) >= 11 is 0. The van der Waals surface area contributed by atoms with Crippen LogP contribution < -0.4 is 0 Å². The SMILES string of the molecule is Cc1ccc(CC(=O)O)c(-c2cccnc2)c1. The first-order valence-corrected chi connectivity index (χ1v) is 5.38. The molecule has 1 N–H and O–H groups in total. The minimum atomic E-state index is -0.820. The zero-order valence-electron chi connectivity index (χ0n) is 9.55. The van der Waals surface area contributed by atoms with E-state index < -0.39 is 5.97 Å². The first-order valence-electron chi connectivity index (χ1n) is 5.38. The molecular formula is C14H13NO2. The number of carbonyl (C=O) groups is 1. The average Bonchev–Trinajstić information content (AvgIpc) is 2.32. The number of carboxylic acid groups (broad SMARTS) is 1. The van der Waals surface area contributed by atoms with Gasteiger partial charge in [-0.1, -0.05) is 29.8 Å². The number of pyridine rings is 1. The van der Waals surface area contributed by atoms with Gasteiger partial charge in [-0.3, -0.25) is 9.78 Å². The van der Waals surface area contributed by atoms with Crippen molar-refractivity contribution in [1.82, 2.24) is 4.98 Å². The molecule has 3 heteroatoms. The molecule has 86 valence electrons. The molecule has 0 saturated carbocycles. The van der Waals surface area contributed by atoms with Crippen molar-refractivity contribution in [1.29, 1.82) is 0 Å². The van der Waals surface area contributed by atoms with E-state index in [4.69, 9.17) is 5.11 Å². The van der Waals surface area contributed by atoms with E-state index in [0.717, 1.165) is 22.3 Å². The number of nitrogens with zero attached hydrogens (tertiary/aromatic N) is 1. The fourth-order valence-corrected chi connectivity index (χ4v) is 1.80. The van der Waals surface area contributed by atoms with Crippen molar-refractivity contribution in [3.05, 3.63) is 53.9 Å². The van der Waals surface area contributed by atoms with E-state index in [1.807, 2.05) is 37.3 Å². The Morgan fingerprint density at radius 1 is 1.35 bits per heavy atom. The smallest absolute Gasteiger partial charge is 0.307 e. The van der Waals surface area contributed by atoms with Crippen molar-refractivity contribution in [3.63, 3.8) is 0 Å². The molecule has 3 nitrogen and oxygen atoms in total. The summed E-state index contributed by atoms with van der Waals surface area (Å²) in [6, 6.07) is 9.58. The van der Waals surface area contributed by atoms with Crippen LogP contribution in [-0.2, 0) is 11.2 Å². The van der Waals surface area contributed by atoms with Gasteiger partial charge in [0.25, 0.3) is 0 Å². The first kappa shape index (κ1) is 11.3. The zero-order valence-corrected chi connectivity index (χ0v) is 9.55. The number of aromatic nitrogens is 1. The molecule has 0 atom stereocenters. The highest BCUT2D eigenvalue weighted by molar-refractivity contribution is 5.76. The Morgan fingerprint density at radius 3 is 2.82 bits per heavy atom. The lowest BCUT2D eigenvalue weighted by Crippen LogP contribution is -2.02. The van der Waals surface area contributed by atoms with Crippen molar-refractivity contribution >= 4 is 5.97 Å². The maximum Gasteiger partial charge on any atom is 0.307 e. The van der Waals surface area contributed by atoms with Gasteiger partial charge in [-0.15, -0.1) is 0 Å². The van der Waals surface area contributed by atoms with E-state index in [2.05, 4.69) is 4.98 Å². The van der Waals surface area contributed by atoms with Crippen LogP contribution in [0.2, 0.25) is 0 Å². The van der Waals surface area contributed by atoms with Crippen LogP contribution in [0.3, 0.4) is 0 Å². The van der Waals surface area contributed by atoms with Crippen LogP contribution >= 0.6 is 0 Å². The summed E-state index contributed by atoms with van der Waals surface area (Å²) in [5.41, 5.74) is 3.82. The molecule has 1 aromatic heterocycles. The Labute approximate surface area is 99.8 Å². The molecule has 0 fully saturated rings. The number of hydrogen-bond donors (Lipinski definition) is 1. The lowest BCUT2D eigenvalue weighted by Gasteiger charge is -2.08. The van der Waals surface area contributed by atoms with Crippen LogP contribution in [0.15, 0.2) is 42.7 Å². The molecule has 0 aliphatic rings. The second kappa shape index (κ2) is 4.78. The Kier molecular flexibility index (Phi) is 3.19. The third-order valence-corrected chi connectivity index (χ3v) is 2.58. The van der Waals surface area contributed by atoms with Gasteiger partial charge in [0.15, 0.2) is 0 Å². The molecule has 0 aliphatic carbocycles. The van der Waals surface area contributed by atoms with E-state index in [0.29, 0.717) is 0 Å². The zero-order chi connectivity index (χ0) is 12.3. The highest BCUT2D eigenvalue weighted by Crippen LogP contribution is 2.24. The first-order chi connectivity index (χ1) is 8.16. The molecule has 17 heavy (non-hydrogen) atoms. The third kappa shape index (κ3) is 2.69. The molecule has 0 amide bonds. The molecule has 0 bridgehead atoms. The minimum absolute atomic E-state index is 0.0322. The summed E-state index contributed by atoms with van der Waals surface area (Å²) in [6.07, 6.45) is 3.49. The fourth-order valence-electron chi connectivity index (χ4n) is 1.80. The minimum Gasteiger partial charge on any atom is -0.481 e. The number of aryl methyl sites for hydroxylation is 1. The largest absolute Gasteiger partial charge is 0.481 e. The van der Waals surface area contributed by atoms with E-state index in [1.165, 1.54) is 0 Å². The Hall–Kier alpha value is -2.16. The highest BCUT2D eigenvalue weighted by Gasteiger charge is 2.08. The summed E-state index contributed by atoms with van der Waals surface area (Å²) in [4.78, 5) is 14.9. The number of rotatable bonds is 3. The van der Waals surface area contributed by atoms with Crippen LogP contribution in [0.25, 0.3) is 11.1 Å². The van der Waals surface area contributed by atoms with Gasteiger partial charge in [-0.25, -0.2) is 0 Å². The maximum absolute atomic E-state index is 10.8. The van der Waals surface area contributed by atoms with Crippen molar-refractivity contribution in [2.24, 2.45) is 0 Å². The van der Waals surface area contributed by atoms with Gasteiger partial charge in [0, 0.05) is 18.0 Å². The van der Waals surface area contributed by atoms with Crippen LogP contribution in [0.4, 0.5) is 0 Å². The Bertz CT molecular complexity index is 535. The monoisotopic (exact) mass is 227 g/mol. The van der Waals surface area contributed by atoms with Crippen molar-refractivity contribution in [3.8, 4) is 11.1 Å². The van der Waals surface area contributed by atoms with Crippen LogP contribution in [-0.4, -0.2) is 16.1 Å². The molecule has 0 aliphatic heterocycles. The van der Waals surface area contributed by atoms with Gasteiger partial charge < -0.3 is 5.11 Å². The molecule has 0 unspecified atom stereocenters. The Morgan fingerprint density at radius 2 is 2.18 bits per heavy atom. The number of hydrogen-bond acceptors (Lipinski definition) is 2. The average molecular weight is 227 g/mol. The van der Waals surface area contributed by atoms with Crippen LogP contribution in [0.1, 0.15) is 11.1 Å². The third-order valence-electron chi connectivity index (χ3n) is 2.58. The molecular weight excluding hydrogens is 214 g/mol. The summed E-state index contributed by atoms with van der Waals surface area (Å²) in [5.74, 6) is -0.820. The summed E-state index contributed by atoms with van der Waals surface area (Å²) in [6.45, 7) is 1.99. The molecule has 0 spiro atoms. The maximum atomic E-state index is 10.8. The predicted molar refractivity (Wildman–Crippen MR) is 65.7 cm³/mol. The van der Waals surface area contributed by atoms with Gasteiger partial charge in [-0.05, 0) is 24.1 Å². The van der Waals surface area contributed by atoms with Gasteiger partial charge >= 0.3 is 5.97 Å². The second-order valence-electron chi connectivity index (χ2n) is 3.97. The highest BCUT2D eigenvalue weighted by atomic mass is 16.4. The summed E-state index contributed by atoms with van der Waals surface area (Å²) in [5, 5.41) is 8.89. The van der Waals surface area contributed by atoms with E-state index >= 15 is 0 Å². The number of aliphatic carboxylic acids is 1. The fraction of sp³-hybridized carbons (Fsp3) is 0.143. The van der Waals surface area contributed by atoms with Crippen LogP contribution in [0, 0.1) is 6.92 Å². The standard InChI is InChI=1S/C14H13NO2/c1-10-4-5-11(8-14(16)17)13(7-10)12-3-2-6-15-9-12/h2-7,9H,8H2,1H3,(H,16,17). The second-order valence-corrected chi connectivity index (χ2v) is 3.97. The normalized spacial score (nSPS) is 10.2. The summed E-state index contributed by atoms with van der Waals surface area (Å²) in [7, 11) is 0. The van der Waals surface area contributed by atoms with Crippen molar-refractivity contribution in [2.75, 3.05) is 0 Å². The molecule has 2 aromatic rings. The van der Waals surface area contributed by atoms with Gasteiger partial charge in [0.05, 0.1) is 6.42 Å². The molecule has 1 aromatic carbocycles. The lowest BCUT2D eigenvalue weighted by molar-refractivity contribution is -0.136. The number of carboxylic acids is 1. The van der Waals surface area contributed by atoms with E-state index in [1.54, 1.807) is 12.4 Å². The van der Waals surface area contributed by atoms with E-state index in [-0.39, 0.29) is 6.42 Å². The molecule has 2 rings (SSSR count). The quantitative estimate of drug-likeness (QED) is 0.877. The molecule has 0 saturated heterocycles. The summed E-state index contributed by atoms with van der Waals surface area (Å²) < 4.78 is 0. The Balaban J connectivity index is 2.51. The molecule has 0 radical (unpaired) electrons. The van der Waals surface area contributed by atoms with Gasteiger partial charge in [-0.2, -0.15) is 0 Å². The van der Waals surface area contributed by atoms with Crippen molar-refractivity contribution in [2.45, 2.75) is 13.3 Å². The number of benzene rings is 1. The topological polar surface area (TPSA) is 50.2 Å². The lowest BCUT2D eigenvalue weighted by atomic mass is 9.97. The van der Waals surface area contributed by atoms with Crippen molar-refractivity contribution < 1.29 is 9.90 Å². The van der Waals surface area contributed by atoms with Gasteiger partial charge in [0.1, 0.15) is 0 Å². The van der Waals surface area contributed by atoms with Crippen LogP contribution in [0.5, 0.6) is 0 Å². The van der Waals surface area contributed by atoms with E-state index in [9.17, 15) is 4.79 Å².